The molecule has 0 saturated heterocycles. The third kappa shape index (κ3) is 5.37. The molecule has 23 heavy (non-hydrogen) atoms. The lowest BCUT2D eigenvalue weighted by atomic mass is 10.1. The Hall–Kier alpha value is -1.86. The third-order valence-electron chi connectivity index (χ3n) is 3.10. The van der Waals surface area contributed by atoms with E-state index < -0.39 is 10.0 Å². The van der Waals surface area contributed by atoms with Crippen LogP contribution < -0.4 is 10.0 Å². The molecule has 2 N–H and O–H groups in total. The number of benzene rings is 2. The van der Waals surface area contributed by atoms with E-state index in [4.69, 9.17) is 0 Å². The Morgan fingerprint density at radius 2 is 1.83 bits per heavy atom. The van der Waals surface area contributed by atoms with E-state index in [2.05, 4.69) is 26.0 Å². The second-order valence-corrected chi connectivity index (χ2v) is 7.59. The fourth-order valence-corrected chi connectivity index (χ4v) is 3.43. The van der Waals surface area contributed by atoms with E-state index in [1.807, 2.05) is 6.07 Å². The summed E-state index contributed by atoms with van der Waals surface area (Å²) < 4.78 is 28.0. The summed E-state index contributed by atoms with van der Waals surface area (Å²) in [4.78, 5) is 11.0. The number of amides is 1. The monoisotopic (exact) mass is 396 g/mol. The molecule has 0 radical (unpaired) electrons. The average molecular weight is 397 g/mol. The van der Waals surface area contributed by atoms with E-state index in [9.17, 15) is 13.2 Å². The van der Waals surface area contributed by atoms with Crippen molar-refractivity contribution in [2.75, 3.05) is 11.3 Å². The van der Waals surface area contributed by atoms with Gasteiger partial charge < -0.3 is 5.32 Å². The van der Waals surface area contributed by atoms with Gasteiger partial charge in [0.2, 0.25) is 5.91 Å². The normalized spacial score (nSPS) is 11.0. The molecule has 0 unspecified atom stereocenters. The Morgan fingerprint density at radius 3 is 2.43 bits per heavy atom. The predicted molar refractivity (Wildman–Crippen MR) is 93.8 cm³/mol. The highest BCUT2D eigenvalue weighted by Gasteiger charge is 2.14. The fraction of sp³-hybridized carbons (Fsp3) is 0.188. The number of carbonyl (C=O) groups excluding carboxylic acids is 1. The highest BCUT2D eigenvalue weighted by atomic mass is 79.9. The first kappa shape index (κ1) is 17.5. The van der Waals surface area contributed by atoms with Crippen molar-refractivity contribution in [2.24, 2.45) is 0 Å². The van der Waals surface area contributed by atoms with Crippen molar-refractivity contribution < 1.29 is 13.2 Å². The topological polar surface area (TPSA) is 75.3 Å². The summed E-state index contributed by atoms with van der Waals surface area (Å²) in [5, 5.41) is 2.70. The molecule has 122 valence electrons. The third-order valence-corrected chi connectivity index (χ3v) is 4.99. The van der Waals surface area contributed by atoms with Gasteiger partial charge in [0.25, 0.3) is 10.0 Å². The van der Waals surface area contributed by atoms with Gasteiger partial charge in [0, 0.05) is 23.6 Å². The minimum Gasteiger partial charge on any atom is -0.356 e. The Labute approximate surface area is 144 Å². The summed E-state index contributed by atoms with van der Waals surface area (Å²) in [6, 6.07) is 13.6. The molecule has 0 atom stereocenters. The number of nitrogens with one attached hydrogen (secondary N) is 2. The van der Waals surface area contributed by atoms with Gasteiger partial charge in [0.1, 0.15) is 0 Å². The average Bonchev–Trinajstić information content (AvgIpc) is 2.47. The van der Waals surface area contributed by atoms with Gasteiger partial charge in [-0.1, -0.05) is 34.1 Å². The van der Waals surface area contributed by atoms with Crippen molar-refractivity contribution >= 4 is 37.5 Å². The Kier molecular flexibility index (Phi) is 5.79. The summed E-state index contributed by atoms with van der Waals surface area (Å²) in [5.74, 6) is -0.0811. The molecule has 0 aliphatic rings. The number of anilines is 1. The smallest absolute Gasteiger partial charge is 0.261 e. The molecule has 0 spiro atoms. The maximum Gasteiger partial charge on any atom is 0.261 e. The highest BCUT2D eigenvalue weighted by molar-refractivity contribution is 9.10. The SMILES string of the molecule is CC(=O)NCCc1ccc(S(=O)(=O)Nc2cccc(Br)c2)cc1. The van der Waals surface area contributed by atoms with Crippen molar-refractivity contribution in [2.45, 2.75) is 18.2 Å². The van der Waals surface area contributed by atoms with Crippen LogP contribution in [0.2, 0.25) is 0 Å². The second kappa shape index (κ2) is 7.61. The minimum atomic E-state index is -3.62. The lowest BCUT2D eigenvalue weighted by molar-refractivity contribution is -0.118. The van der Waals surface area contributed by atoms with E-state index in [1.54, 1.807) is 42.5 Å². The van der Waals surface area contributed by atoms with Gasteiger partial charge >= 0.3 is 0 Å². The largest absolute Gasteiger partial charge is 0.356 e. The number of halogens is 1. The first-order chi connectivity index (χ1) is 10.9. The van der Waals surface area contributed by atoms with Crippen molar-refractivity contribution in [1.29, 1.82) is 0 Å². The van der Waals surface area contributed by atoms with Gasteiger partial charge in [0.05, 0.1) is 4.90 Å². The molecule has 1 amide bonds. The molecule has 0 saturated carbocycles. The zero-order valence-corrected chi connectivity index (χ0v) is 14.9. The van der Waals surface area contributed by atoms with Crippen LogP contribution in [-0.4, -0.2) is 20.9 Å². The van der Waals surface area contributed by atoms with Crippen LogP contribution in [0.15, 0.2) is 57.9 Å². The molecule has 7 heteroatoms. The number of hydrogen-bond donors (Lipinski definition) is 2. The number of carbonyl (C=O) groups is 1. The maximum absolute atomic E-state index is 12.3. The van der Waals surface area contributed by atoms with Crippen LogP contribution in [0.1, 0.15) is 12.5 Å². The van der Waals surface area contributed by atoms with Crippen LogP contribution >= 0.6 is 15.9 Å². The zero-order chi connectivity index (χ0) is 16.9. The predicted octanol–water partition coefficient (Wildman–Crippen LogP) is 2.93. The second-order valence-electron chi connectivity index (χ2n) is 4.99. The van der Waals surface area contributed by atoms with Gasteiger partial charge in [-0.05, 0) is 42.3 Å². The zero-order valence-electron chi connectivity index (χ0n) is 12.5. The molecule has 2 rings (SSSR count). The fourth-order valence-electron chi connectivity index (χ4n) is 1.98. The van der Waals surface area contributed by atoms with E-state index in [0.29, 0.717) is 18.7 Å². The van der Waals surface area contributed by atoms with E-state index >= 15 is 0 Å². The maximum atomic E-state index is 12.3. The molecule has 0 fully saturated rings. The van der Waals surface area contributed by atoms with Crippen LogP contribution in [0.4, 0.5) is 5.69 Å². The molecular weight excluding hydrogens is 380 g/mol. The van der Waals surface area contributed by atoms with Gasteiger partial charge in [-0.2, -0.15) is 0 Å². The van der Waals surface area contributed by atoms with Gasteiger partial charge in [0.15, 0.2) is 0 Å². The molecule has 0 aliphatic carbocycles. The summed E-state index contributed by atoms with van der Waals surface area (Å²) >= 11 is 3.30. The quantitative estimate of drug-likeness (QED) is 0.787. The number of hydrogen-bond acceptors (Lipinski definition) is 3. The van der Waals surface area contributed by atoms with Gasteiger partial charge in [-0.15, -0.1) is 0 Å². The molecule has 0 aliphatic heterocycles. The van der Waals surface area contributed by atoms with Crippen molar-refractivity contribution in [3.63, 3.8) is 0 Å². The summed E-state index contributed by atoms with van der Waals surface area (Å²) in [7, 11) is -3.62. The van der Waals surface area contributed by atoms with Crippen LogP contribution in [0.3, 0.4) is 0 Å². The molecule has 5 nitrogen and oxygen atoms in total. The summed E-state index contributed by atoms with van der Waals surface area (Å²) in [6.45, 7) is 1.99. The van der Waals surface area contributed by atoms with E-state index in [-0.39, 0.29) is 10.8 Å². The molecule has 0 heterocycles. The molecule has 0 aromatic heterocycles. The van der Waals surface area contributed by atoms with Crippen LogP contribution in [0.5, 0.6) is 0 Å². The highest BCUT2D eigenvalue weighted by Crippen LogP contribution is 2.20. The minimum absolute atomic E-state index is 0.0811. The van der Waals surface area contributed by atoms with E-state index in [1.165, 1.54) is 6.92 Å². The Morgan fingerprint density at radius 1 is 1.13 bits per heavy atom. The summed E-state index contributed by atoms with van der Waals surface area (Å²) in [6.07, 6.45) is 0.652. The van der Waals surface area contributed by atoms with Gasteiger partial charge in [-0.25, -0.2) is 8.42 Å². The Balaban J connectivity index is 2.06. The van der Waals surface area contributed by atoms with Gasteiger partial charge in [-0.3, -0.25) is 9.52 Å². The number of sulfonamides is 1. The van der Waals surface area contributed by atoms with Crippen LogP contribution in [0, 0.1) is 0 Å². The standard InChI is InChI=1S/C16H17BrN2O3S/c1-12(20)18-10-9-13-5-7-16(8-6-13)23(21,22)19-15-4-2-3-14(17)11-15/h2-8,11,19H,9-10H2,1H3,(H,18,20). The Bertz CT molecular complexity index is 789. The van der Waals surface area contributed by atoms with Crippen LogP contribution in [-0.2, 0) is 21.2 Å². The summed E-state index contributed by atoms with van der Waals surface area (Å²) in [5.41, 5.74) is 1.45. The van der Waals surface area contributed by atoms with Crippen molar-refractivity contribution in [3.05, 3.63) is 58.6 Å². The molecule has 0 bridgehead atoms. The van der Waals surface area contributed by atoms with Crippen molar-refractivity contribution in [3.8, 4) is 0 Å². The number of rotatable bonds is 6. The lowest BCUT2D eigenvalue weighted by Gasteiger charge is -2.09. The van der Waals surface area contributed by atoms with E-state index in [0.717, 1.165) is 10.0 Å². The lowest BCUT2D eigenvalue weighted by Crippen LogP contribution is -2.22. The molecular formula is C16H17BrN2O3S. The first-order valence-electron chi connectivity index (χ1n) is 6.98. The molecule has 2 aromatic carbocycles. The first-order valence-corrected chi connectivity index (χ1v) is 9.26. The van der Waals surface area contributed by atoms with Crippen LogP contribution in [0.25, 0.3) is 0 Å². The molecule has 2 aromatic rings. The van der Waals surface area contributed by atoms with Crippen molar-refractivity contribution in [1.82, 2.24) is 5.32 Å².